The number of hydrogen-bond donors (Lipinski definition) is 2. The van der Waals surface area contributed by atoms with Crippen LogP contribution in [0.3, 0.4) is 0 Å². The lowest BCUT2D eigenvalue weighted by atomic mass is 10.2. The Labute approximate surface area is 163 Å². The molecule has 1 atom stereocenters. The summed E-state index contributed by atoms with van der Waals surface area (Å²) in [6.07, 6.45) is 0.829. The number of benzene rings is 1. The van der Waals surface area contributed by atoms with E-state index in [4.69, 9.17) is 4.42 Å². The number of carbonyl (C=O) groups is 1. The summed E-state index contributed by atoms with van der Waals surface area (Å²) in [4.78, 5) is 17.5. The van der Waals surface area contributed by atoms with Crippen LogP contribution in [0.2, 0.25) is 0 Å². The molecule has 136 valence electrons. The van der Waals surface area contributed by atoms with Crippen LogP contribution in [0.15, 0.2) is 70.0 Å². The van der Waals surface area contributed by atoms with Crippen molar-refractivity contribution in [2.75, 3.05) is 6.54 Å². The second kappa shape index (κ2) is 7.87. The van der Waals surface area contributed by atoms with Gasteiger partial charge < -0.3 is 14.8 Å². The van der Waals surface area contributed by atoms with Crippen LogP contribution in [0.25, 0.3) is 21.9 Å². The van der Waals surface area contributed by atoms with E-state index in [2.05, 4.69) is 10.3 Å². The number of aromatic nitrogens is 1. The van der Waals surface area contributed by atoms with Crippen LogP contribution in [-0.2, 0) is 0 Å². The Balaban J connectivity index is 1.37. The number of hydrogen-bond acceptors (Lipinski definition) is 6. The van der Waals surface area contributed by atoms with Crippen LogP contribution in [0.1, 0.15) is 21.5 Å². The Morgan fingerprint density at radius 3 is 2.74 bits per heavy atom. The highest BCUT2D eigenvalue weighted by Gasteiger charge is 2.16. The normalized spacial score (nSPS) is 12.0. The Hall–Kier alpha value is -2.74. The molecule has 27 heavy (non-hydrogen) atoms. The zero-order chi connectivity index (χ0) is 18.6. The van der Waals surface area contributed by atoms with E-state index in [-0.39, 0.29) is 12.5 Å². The van der Waals surface area contributed by atoms with Crippen molar-refractivity contribution >= 4 is 28.6 Å². The first-order valence-corrected chi connectivity index (χ1v) is 10.1. The third-order valence-corrected chi connectivity index (χ3v) is 5.89. The largest absolute Gasteiger partial charge is 0.464 e. The van der Waals surface area contributed by atoms with Crippen LogP contribution < -0.4 is 5.32 Å². The predicted octanol–water partition coefficient (Wildman–Crippen LogP) is 4.60. The van der Waals surface area contributed by atoms with Crippen molar-refractivity contribution in [3.63, 3.8) is 0 Å². The first-order chi connectivity index (χ1) is 13.2. The molecular formula is C20H16N2O3S2. The average molecular weight is 396 g/mol. The molecule has 3 aromatic heterocycles. The van der Waals surface area contributed by atoms with Crippen LogP contribution in [0, 0.1) is 0 Å². The number of thiophene rings is 1. The molecule has 1 amide bonds. The minimum absolute atomic E-state index is 0.120. The Bertz CT molecular complexity index is 1020. The fourth-order valence-electron chi connectivity index (χ4n) is 2.57. The summed E-state index contributed by atoms with van der Waals surface area (Å²) >= 11 is 2.85. The highest BCUT2D eigenvalue weighted by atomic mass is 32.1. The second-order valence-corrected chi connectivity index (χ2v) is 7.65. The summed E-state index contributed by atoms with van der Waals surface area (Å²) < 4.78 is 5.36. The number of carbonyl (C=O) groups excluding carboxylic acids is 1. The Morgan fingerprint density at radius 1 is 1.11 bits per heavy atom. The van der Waals surface area contributed by atoms with E-state index < -0.39 is 6.10 Å². The molecular weight excluding hydrogens is 380 g/mol. The molecule has 0 fully saturated rings. The van der Waals surface area contributed by atoms with Gasteiger partial charge in [-0.1, -0.05) is 30.3 Å². The lowest BCUT2D eigenvalue weighted by Crippen LogP contribution is -2.28. The van der Waals surface area contributed by atoms with Crippen LogP contribution in [0.4, 0.5) is 0 Å². The average Bonchev–Trinajstić information content (AvgIpc) is 3.47. The quantitative estimate of drug-likeness (QED) is 0.500. The maximum Gasteiger partial charge on any atom is 0.270 e. The first kappa shape index (κ1) is 17.7. The van der Waals surface area contributed by atoms with Gasteiger partial charge in [-0.3, -0.25) is 4.79 Å². The molecule has 0 bridgehead atoms. The van der Waals surface area contributed by atoms with Gasteiger partial charge in [0.1, 0.15) is 22.6 Å². The van der Waals surface area contributed by atoms with Gasteiger partial charge in [0.2, 0.25) is 0 Å². The smallest absolute Gasteiger partial charge is 0.270 e. The minimum atomic E-state index is -0.783. The van der Waals surface area contributed by atoms with Gasteiger partial charge in [0.15, 0.2) is 0 Å². The van der Waals surface area contributed by atoms with Crippen LogP contribution in [0.5, 0.6) is 0 Å². The number of nitrogens with zero attached hydrogens (tertiary/aromatic N) is 1. The van der Waals surface area contributed by atoms with Crippen molar-refractivity contribution < 1.29 is 14.3 Å². The van der Waals surface area contributed by atoms with Crippen molar-refractivity contribution in [1.82, 2.24) is 10.3 Å². The zero-order valence-electron chi connectivity index (χ0n) is 14.2. The van der Waals surface area contributed by atoms with E-state index in [1.807, 2.05) is 53.9 Å². The highest BCUT2D eigenvalue weighted by Crippen LogP contribution is 2.29. The first-order valence-electron chi connectivity index (χ1n) is 8.30. The minimum Gasteiger partial charge on any atom is -0.464 e. The fourth-order valence-corrected chi connectivity index (χ4v) is 4.26. The number of nitrogens with one attached hydrogen (secondary N) is 1. The van der Waals surface area contributed by atoms with E-state index in [0.29, 0.717) is 5.69 Å². The molecule has 0 aliphatic heterocycles. The van der Waals surface area contributed by atoms with Gasteiger partial charge in [0.05, 0.1) is 6.26 Å². The molecule has 7 heteroatoms. The van der Waals surface area contributed by atoms with Gasteiger partial charge in [-0.2, -0.15) is 0 Å². The second-order valence-electron chi connectivity index (χ2n) is 5.84. The molecule has 0 spiro atoms. The molecule has 0 saturated carbocycles. The zero-order valence-corrected chi connectivity index (χ0v) is 15.8. The lowest BCUT2D eigenvalue weighted by molar-refractivity contribution is 0.0914. The molecule has 4 rings (SSSR count). The number of thiazole rings is 1. The summed E-state index contributed by atoms with van der Waals surface area (Å²) in [7, 11) is 0. The maximum absolute atomic E-state index is 12.3. The molecule has 0 radical (unpaired) electrons. The molecule has 3 heterocycles. The Morgan fingerprint density at radius 2 is 1.96 bits per heavy atom. The van der Waals surface area contributed by atoms with Crippen molar-refractivity contribution in [1.29, 1.82) is 0 Å². The van der Waals surface area contributed by atoms with Gasteiger partial charge in [-0.05, 0) is 18.2 Å². The van der Waals surface area contributed by atoms with Gasteiger partial charge in [0.25, 0.3) is 5.91 Å². The van der Waals surface area contributed by atoms with Crippen LogP contribution in [-0.4, -0.2) is 22.5 Å². The summed E-state index contributed by atoms with van der Waals surface area (Å²) in [5, 5.41) is 17.5. The van der Waals surface area contributed by atoms with Crippen molar-refractivity contribution in [2.45, 2.75) is 6.10 Å². The van der Waals surface area contributed by atoms with E-state index in [0.717, 1.165) is 26.8 Å². The SMILES string of the molecule is O=C(NCC(O)c1cc(-c2ccco2)cs1)c1csc(-c2ccccc2)n1. The summed E-state index contributed by atoms with van der Waals surface area (Å²) in [5.41, 5.74) is 2.25. The molecule has 1 unspecified atom stereocenters. The third kappa shape index (κ3) is 4.00. The fraction of sp³-hybridized carbons (Fsp3) is 0.100. The van der Waals surface area contributed by atoms with Gasteiger partial charge in [0, 0.05) is 33.3 Å². The van der Waals surface area contributed by atoms with Gasteiger partial charge >= 0.3 is 0 Å². The van der Waals surface area contributed by atoms with Gasteiger partial charge in [-0.15, -0.1) is 22.7 Å². The number of aliphatic hydroxyl groups is 1. The highest BCUT2D eigenvalue weighted by molar-refractivity contribution is 7.13. The van der Waals surface area contributed by atoms with Crippen LogP contribution >= 0.6 is 22.7 Å². The summed E-state index contributed by atoms with van der Waals surface area (Å²) in [6, 6.07) is 15.3. The van der Waals surface area contributed by atoms with Crippen molar-refractivity contribution in [2.24, 2.45) is 0 Å². The third-order valence-electron chi connectivity index (χ3n) is 3.97. The topological polar surface area (TPSA) is 75.4 Å². The van der Waals surface area contributed by atoms with E-state index in [1.54, 1.807) is 11.6 Å². The van der Waals surface area contributed by atoms with Gasteiger partial charge in [-0.25, -0.2) is 4.98 Å². The maximum atomic E-state index is 12.3. The van der Waals surface area contributed by atoms with Crippen molar-refractivity contribution in [3.05, 3.63) is 76.1 Å². The summed E-state index contributed by atoms with van der Waals surface area (Å²) in [6.45, 7) is 0.120. The number of aliphatic hydroxyl groups excluding tert-OH is 1. The molecule has 5 nitrogen and oxygen atoms in total. The van der Waals surface area contributed by atoms with E-state index >= 15 is 0 Å². The lowest BCUT2D eigenvalue weighted by Gasteiger charge is -2.09. The van der Waals surface area contributed by atoms with Crippen molar-refractivity contribution in [3.8, 4) is 21.9 Å². The number of rotatable bonds is 6. The molecule has 1 aromatic carbocycles. The number of amides is 1. The van der Waals surface area contributed by atoms with E-state index in [9.17, 15) is 9.90 Å². The van der Waals surface area contributed by atoms with E-state index in [1.165, 1.54) is 22.7 Å². The summed E-state index contributed by atoms with van der Waals surface area (Å²) in [5.74, 6) is 0.458. The number of furan rings is 1. The molecule has 0 aliphatic rings. The Kier molecular flexibility index (Phi) is 5.15. The predicted molar refractivity (Wildman–Crippen MR) is 107 cm³/mol. The standard InChI is InChI=1S/C20H16N2O3S2/c23-16(18-9-14(11-26-18)17-7-4-8-25-17)10-21-19(24)15-12-27-20(22-15)13-5-2-1-3-6-13/h1-9,11-12,16,23H,10H2,(H,21,24). The molecule has 0 saturated heterocycles. The molecule has 0 aliphatic carbocycles. The molecule has 2 N–H and O–H groups in total. The monoisotopic (exact) mass is 396 g/mol. The molecule has 4 aromatic rings.